The van der Waals surface area contributed by atoms with Crippen LogP contribution in [-0.2, 0) is 21.2 Å². The summed E-state index contributed by atoms with van der Waals surface area (Å²) >= 11 is 6.48. The van der Waals surface area contributed by atoms with Gasteiger partial charge in [0.05, 0.1) is 10.7 Å². The van der Waals surface area contributed by atoms with Crippen LogP contribution in [0, 0.1) is 5.82 Å². The number of sulfonamides is 1. The van der Waals surface area contributed by atoms with Gasteiger partial charge in [0, 0.05) is 12.1 Å². The highest BCUT2D eigenvalue weighted by molar-refractivity contribution is 8.26. The van der Waals surface area contributed by atoms with Gasteiger partial charge in [0.1, 0.15) is 10.1 Å². The molecule has 0 atom stereocenters. The number of hydrogen-bond acceptors (Lipinski definition) is 6. The van der Waals surface area contributed by atoms with Crippen molar-refractivity contribution in [1.29, 1.82) is 0 Å². The maximum atomic E-state index is 13.0. The van der Waals surface area contributed by atoms with Crippen molar-refractivity contribution in [3.63, 3.8) is 0 Å². The molecule has 0 aliphatic carbocycles. The molecule has 0 spiro atoms. The number of thiocarbonyl (C=S) groups is 1. The molecule has 2 amide bonds. The molecular weight excluding hydrogens is 519 g/mol. The summed E-state index contributed by atoms with van der Waals surface area (Å²) in [7, 11) is -4.05. The fraction of sp³-hybridized carbons (Fsp3) is 0.346. The van der Waals surface area contributed by atoms with Gasteiger partial charge in [-0.1, -0.05) is 74.4 Å². The normalized spacial score (nSPS) is 15.4. The van der Waals surface area contributed by atoms with Gasteiger partial charge < -0.3 is 0 Å². The Kier molecular flexibility index (Phi) is 9.81. The van der Waals surface area contributed by atoms with E-state index in [0.717, 1.165) is 47.9 Å². The topological polar surface area (TPSA) is 83.6 Å². The number of thioether (sulfide) groups is 1. The Balaban J connectivity index is 1.62. The average molecular weight is 549 g/mol. The molecule has 0 saturated carbocycles. The Hall–Kier alpha value is -2.56. The molecule has 2 aromatic rings. The van der Waals surface area contributed by atoms with Gasteiger partial charge in [0.2, 0.25) is 10.0 Å². The molecule has 1 saturated heterocycles. The summed E-state index contributed by atoms with van der Waals surface area (Å²) in [6, 6.07) is 12.6. The highest BCUT2D eigenvalue weighted by Gasteiger charge is 2.34. The molecule has 3 rings (SSSR count). The van der Waals surface area contributed by atoms with E-state index >= 15 is 0 Å². The Labute approximate surface area is 221 Å². The highest BCUT2D eigenvalue weighted by atomic mass is 32.2. The van der Waals surface area contributed by atoms with Crippen LogP contribution in [0.2, 0.25) is 0 Å². The molecule has 0 radical (unpaired) electrons. The number of hydrogen-bond donors (Lipinski definition) is 1. The van der Waals surface area contributed by atoms with E-state index in [4.69, 9.17) is 12.2 Å². The predicted octanol–water partition coefficient (Wildman–Crippen LogP) is 5.30. The lowest BCUT2D eigenvalue weighted by Gasteiger charge is -2.15. The van der Waals surface area contributed by atoms with Crippen LogP contribution in [0.3, 0.4) is 0 Å². The maximum absolute atomic E-state index is 13.0. The van der Waals surface area contributed by atoms with Gasteiger partial charge in [-0.05, 0) is 60.7 Å². The lowest BCUT2D eigenvalue weighted by atomic mass is 10.0. The molecule has 1 N–H and O–H groups in total. The van der Waals surface area contributed by atoms with Crippen LogP contribution in [-0.4, -0.2) is 41.8 Å². The van der Waals surface area contributed by atoms with Gasteiger partial charge in [-0.2, -0.15) is 0 Å². The van der Waals surface area contributed by atoms with E-state index in [-0.39, 0.29) is 22.3 Å². The molecule has 6 nitrogen and oxygen atoms in total. The molecule has 1 aliphatic heterocycles. The molecule has 1 aliphatic rings. The average Bonchev–Trinajstić information content (AvgIpc) is 3.13. The number of carbonyl (C=O) groups excluding carboxylic acids is 2. The number of rotatable bonds is 11. The Morgan fingerprint density at radius 1 is 1.03 bits per heavy atom. The third-order valence-electron chi connectivity index (χ3n) is 5.83. The van der Waals surface area contributed by atoms with Crippen LogP contribution in [0.4, 0.5) is 4.39 Å². The van der Waals surface area contributed by atoms with Crippen molar-refractivity contribution in [1.82, 2.24) is 9.62 Å². The second kappa shape index (κ2) is 12.6. The first-order valence-electron chi connectivity index (χ1n) is 11.8. The van der Waals surface area contributed by atoms with Gasteiger partial charge >= 0.3 is 0 Å². The van der Waals surface area contributed by atoms with Crippen LogP contribution in [0.1, 0.15) is 61.0 Å². The maximum Gasteiger partial charge on any atom is 0.266 e. The molecule has 2 aromatic carbocycles. The molecule has 10 heteroatoms. The molecule has 1 heterocycles. The minimum atomic E-state index is -4.05. The summed E-state index contributed by atoms with van der Waals surface area (Å²) in [5.74, 6) is -2.27. The largest absolute Gasteiger partial charge is 0.292 e. The van der Waals surface area contributed by atoms with Crippen LogP contribution in [0.5, 0.6) is 0 Å². The van der Waals surface area contributed by atoms with E-state index in [1.165, 1.54) is 41.9 Å². The fourth-order valence-electron chi connectivity index (χ4n) is 3.69. The standard InChI is InChI=1S/C26H29FN2O4S3/c1-3-4-5-6-7-19-8-10-20(11-9-19)18(2)23-25(31)29(26(34)35-23)16-17-36(32,33)28-24(30)21-12-14-22(27)15-13-21/h8-15H,3-7,16-17H2,1-2H3,(H,28,30)/b23-18-. The number of amides is 2. The van der Waals surface area contributed by atoms with E-state index < -0.39 is 27.5 Å². The van der Waals surface area contributed by atoms with Crippen LogP contribution in [0.15, 0.2) is 53.4 Å². The van der Waals surface area contributed by atoms with Crippen molar-refractivity contribution in [2.45, 2.75) is 46.0 Å². The number of aryl methyl sites for hydroxylation is 1. The van der Waals surface area contributed by atoms with Gasteiger partial charge in [-0.15, -0.1) is 0 Å². The second-order valence-electron chi connectivity index (χ2n) is 8.54. The number of nitrogens with one attached hydrogen (secondary N) is 1. The number of allylic oxidation sites excluding steroid dienone is 1. The zero-order valence-electron chi connectivity index (χ0n) is 20.3. The minimum absolute atomic E-state index is 0.0103. The third kappa shape index (κ3) is 7.47. The number of halogens is 1. The van der Waals surface area contributed by atoms with E-state index in [1.54, 1.807) is 0 Å². The predicted molar refractivity (Wildman–Crippen MR) is 146 cm³/mol. The zero-order chi connectivity index (χ0) is 26.3. The zero-order valence-corrected chi connectivity index (χ0v) is 22.7. The quantitative estimate of drug-likeness (QED) is 0.233. The lowest BCUT2D eigenvalue weighted by molar-refractivity contribution is -0.121. The fourth-order valence-corrected chi connectivity index (χ4v) is 5.97. The Morgan fingerprint density at radius 3 is 2.31 bits per heavy atom. The first-order valence-corrected chi connectivity index (χ1v) is 14.6. The SMILES string of the molecule is CCCCCCc1ccc(/C(C)=C2\SC(=S)N(CCS(=O)(=O)NC(=O)c3ccc(F)cc3)C2=O)cc1. The van der Waals surface area contributed by atoms with Crippen molar-refractivity contribution in [2.75, 3.05) is 12.3 Å². The summed E-state index contributed by atoms with van der Waals surface area (Å²) in [6.07, 6.45) is 5.82. The lowest BCUT2D eigenvalue weighted by Crippen LogP contribution is -2.39. The molecule has 0 bridgehead atoms. The van der Waals surface area contributed by atoms with Crippen molar-refractivity contribution in [3.05, 3.63) is 75.9 Å². The number of nitrogens with zero attached hydrogens (tertiary/aromatic N) is 1. The van der Waals surface area contributed by atoms with Gasteiger partial charge in [-0.3, -0.25) is 14.5 Å². The monoisotopic (exact) mass is 548 g/mol. The molecule has 0 aromatic heterocycles. The van der Waals surface area contributed by atoms with E-state index in [0.29, 0.717) is 4.91 Å². The molecular formula is C26H29FN2O4S3. The molecule has 192 valence electrons. The van der Waals surface area contributed by atoms with Gasteiger partial charge in [0.15, 0.2) is 0 Å². The third-order valence-corrected chi connectivity index (χ3v) is 8.60. The Morgan fingerprint density at radius 2 is 1.67 bits per heavy atom. The van der Waals surface area contributed by atoms with E-state index in [1.807, 2.05) is 23.8 Å². The summed E-state index contributed by atoms with van der Waals surface area (Å²) in [4.78, 5) is 26.9. The summed E-state index contributed by atoms with van der Waals surface area (Å²) in [5, 5.41) is 0. The number of benzene rings is 2. The van der Waals surface area contributed by atoms with Crippen molar-refractivity contribution in [2.24, 2.45) is 0 Å². The minimum Gasteiger partial charge on any atom is -0.292 e. The number of carbonyl (C=O) groups is 2. The van der Waals surface area contributed by atoms with Crippen LogP contribution < -0.4 is 4.72 Å². The van der Waals surface area contributed by atoms with Crippen molar-refractivity contribution in [3.8, 4) is 0 Å². The molecule has 1 fully saturated rings. The van der Waals surface area contributed by atoms with Crippen molar-refractivity contribution >= 4 is 55.7 Å². The Bertz CT molecular complexity index is 1260. The van der Waals surface area contributed by atoms with Crippen LogP contribution >= 0.6 is 24.0 Å². The first kappa shape index (κ1) is 28.0. The molecule has 36 heavy (non-hydrogen) atoms. The number of unbranched alkanes of at least 4 members (excludes halogenated alkanes) is 3. The summed E-state index contributed by atoms with van der Waals surface area (Å²) in [6.45, 7) is 3.85. The smallest absolute Gasteiger partial charge is 0.266 e. The van der Waals surface area contributed by atoms with Gasteiger partial charge in [0.25, 0.3) is 11.8 Å². The summed E-state index contributed by atoms with van der Waals surface area (Å²) in [5.41, 5.74) is 2.95. The summed E-state index contributed by atoms with van der Waals surface area (Å²) < 4.78 is 40.1. The van der Waals surface area contributed by atoms with E-state index in [9.17, 15) is 22.4 Å². The van der Waals surface area contributed by atoms with Crippen molar-refractivity contribution < 1.29 is 22.4 Å². The van der Waals surface area contributed by atoms with Crippen LogP contribution in [0.25, 0.3) is 5.57 Å². The van der Waals surface area contributed by atoms with Gasteiger partial charge in [-0.25, -0.2) is 17.5 Å². The second-order valence-corrected chi connectivity index (χ2v) is 12.0. The highest BCUT2D eigenvalue weighted by Crippen LogP contribution is 2.36. The van der Waals surface area contributed by atoms with E-state index in [2.05, 4.69) is 19.1 Å². The molecule has 0 unspecified atom stereocenters. The first-order chi connectivity index (χ1) is 17.1.